The van der Waals surface area contributed by atoms with Crippen molar-refractivity contribution >= 4 is 0 Å². The van der Waals surface area contributed by atoms with Crippen molar-refractivity contribution in [3.8, 4) is 0 Å². The second-order valence-electron chi connectivity index (χ2n) is 1.88. The zero-order chi connectivity index (χ0) is 6.69. The van der Waals surface area contributed by atoms with Gasteiger partial charge in [-0.1, -0.05) is 12.1 Å². The third kappa shape index (κ3) is 1.53. The molecule has 0 N–H and O–H groups in total. The molecule has 0 atom stereocenters. The highest BCUT2D eigenvalue weighted by molar-refractivity contribution is 5.16. The fraction of sp³-hybridized carbons (Fsp3) is 0.125. The topological polar surface area (TPSA) is 0 Å². The van der Waals surface area contributed by atoms with Crippen molar-refractivity contribution in [2.45, 2.75) is 6.42 Å². The first kappa shape index (κ1) is 6.27. The Labute approximate surface area is 54.3 Å². The monoisotopic (exact) mass is 123 g/mol. The van der Waals surface area contributed by atoms with E-state index in [9.17, 15) is 4.39 Å². The Hall–Kier alpha value is -0.850. The van der Waals surface area contributed by atoms with Crippen LogP contribution in [0.4, 0.5) is 4.39 Å². The van der Waals surface area contributed by atoms with Gasteiger partial charge >= 0.3 is 0 Å². The Morgan fingerprint density at radius 1 is 1.22 bits per heavy atom. The summed E-state index contributed by atoms with van der Waals surface area (Å²) in [5, 5.41) is 0. The molecule has 0 unspecified atom stereocenters. The fourth-order valence-electron chi connectivity index (χ4n) is 0.651. The van der Waals surface area contributed by atoms with Gasteiger partial charge in [-0.15, -0.1) is 0 Å². The van der Waals surface area contributed by atoms with Crippen LogP contribution in [-0.2, 0) is 6.42 Å². The van der Waals surface area contributed by atoms with Crippen molar-refractivity contribution in [2.75, 3.05) is 0 Å². The largest absolute Gasteiger partial charge is 0.207 e. The summed E-state index contributed by atoms with van der Waals surface area (Å²) in [5.74, 6) is -0.188. The highest BCUT2D eigenvalue weighted by atomic mass is 19.1. The standard InChI is InChI=1S/C8H8F/c1-2-7-3-5-8(9)6-4-7/h3-6H,1-2H2. The first-order chi connectivity index (χ1) is 4.33. The highest BCUT2D eigenvalue weighted by Gasteiger charge is 1.87. The van der Waals surface area contributed by atoms with E-state index in [-0.39, 0.29) is 5.82 Å². The summed E-state index contributed by atoms with van der Waals surface area (Å²) < 4.78 is 12.2. The second-order valence-corrected chi connectivity index (χ2v) is 1.88. The molecule has 0 aliphatic rings. The summed E-state index contributed by atoms with van der Waals surface area (Å²) in [5.41, 5.74) is 1.07. The van der Waals surface area contributed by atoms with Gasteiger partial charge in [0.05, 0.1) is 0 Å². The summed E-state index contributed by atoms with van der Waals surface area (Å²) >= 11 is 0. The average molecular weight is 123 g/mol. The van der Waals surface area contributed by atoms with E-state index >= 15 is 0 Å². The van der Waals surface area contributed by atoms with Crippen LogP contribution in [0.2, 0.25) is 0 Å². The lowest BCUT2D eigenvalue weighted by atomic mass is 10.2. The predicted molar refractivity (Wildman–Crippen MR) is 35.5 cm³/mol. The van der Waals surface area contributed by atoms with Crippen LogP contribution in [0.25, 0.3) is 0 Å². The van der Waals surface area contributed by atoms with Crippen molar-refractivity contribution in [1.29, 1.82) is 0 Å². The molecule has 1 aromatic rings. The molecule has 0 aliphatic carbocycles. The third-order valence-corrected chi connectivity index (χ3v) is 1.20. The zero-order valence-corrected chi connectivity index (χ0v) is 5.10. The molecule has 0 heterocycles. The van der Waals surface area contributed by atoms with E-state index in [1.807, 2.05) is 0 Å². The minimum atomic E-state index is -0.188. The molecule has 0 aromatic heterocycles. The van der Waals surface area contributed by atoms with Gasteiger partial charge in [0.1, 0.15) is 5.82 Å². The van der Waals surface area contributed by atoms with Crippen molar-refractivity contribution in [2.24, 2.45) is 0 Å². The first-order valence-electron chi connectivity index (χ1n) is 2.86. The Morgan fingerprint density at radius 2 is 1.78 bits per heavy atom. The van der Waals surface area contributed by atoms with Gasteiger partial charge in [0.15, 0.2) is 0 Å². The van der Waals surface area contributed by atoms with E-state index in [4.69, 9.17) is 0 Å². The van der Waals surface area contributed by atoms with E-state index in [0.717, 1.165) is 12.0 Å². The van der Waals surface area contributed by atoms with Gasteiger partial charge < -0.3 is 0 Å². The molecule has 47 valence electrons. The summed E-state index contributed by atoms with van der Waals surface area (Å²) in [6.07, 6.45) is 0.722. The van der Waals surface area contributed by atoms with Crippen LogP contribution in [0.5, 0.6) is 0 Å². The van der Waals surface area contributed by atoms with Crippen molar-refractivity contribution in [3.05, 3.63) is 42.6 Å². The molecular formula is C8H8F. The van der Waals surface area contributed by atoms with Gasteiger partial charge in [0, 0.05) is 0 Å². The number of hydrogen-bond donors (Lipinski definition) is 0. The maximum absolute atomic E-state index is 12.2. The van der Waals surface area contributed by atoms with E-state index in [0.29, 0.717) is 0 Å². The minimum Gasteiger partial charge on any atom is -0.207 e. The zero-order valence-electron chi connectivity index (χ0n) is 5.10. The van der Waals surface area contributed by atoms with Crippen LogP contribution in [-0.4, -0.2) is 0 Å². The van der Waals surface area contributed by atoms with E-state index < -0.39 is 0 Å². The van der Waals surface area contributed by atoms with Crippen molar-refractivity contribution in [3.63, 3.8) is 0 Å². The summed E-state index contributed by atoms with van der Waals surface area (Å²) in [6.45, 7) is 3.66. The molecule has 0 nitrogen and oxygen atoms in total. The quantitative estimate of drug-likeness (QED) is 0.537. The summed E-state index contributed by atoms with van der Waals surface area (Å²) in [7, 11) is 0. The van der Waals surface area contributed by atoms with Crippen molar-refractivity contribution in [1.82, 2.24) is 0 Å². The second kappa shape index (κ2) is 2.62. The van der Waals surface area contributed by atoms with Crippen LogP contribution in [0.3, 0.4) is 0 Å². The lowest BCUT2D eigenvalue weighted by molar-refractivity contribution is 0.627. The molecular weight excluding hydrogens is 115 g/mol. The third-order valence-electron chi connectivity index (χ3n) is 1.20. The predicted octanol–water partition coefficient (Wildman–Crippen LogP) is 2.20. The van der Waals surface area contributed by atoms with Crippen LogP contribution >= 0.6 is 0 Å². The number of rotatable bonds is 1. The first-order valence-corrected chi connectivity index (χ1v) is 2.86. The van der Waals surface area contributed by atoms with Crippen LogP contribution < -0.4 is 0 Å². The molecule has 1 radical (unpaired) electrons. The number of benzene rings is 1. The minimum absolute atomic E-state index is 0.188. The molecule has 1 heteroatoms. The molecule has 0 saturated carbocycles. The van der Waals surface area contributed by atoms with Gasteiger partial charge in [-0.25, -0.2) is 4.39 Å². The molecule has 9 heavy (non-hydrogen) atoms. The van der Waals surface area contributed by atoms with E-state index in [1.54, 1.807) is 12.1 Å². The Balaban J connectivity index is 2.88. The van der Waals surface area contributed by atoms with E-state index in [2.05, 4.69) is 6.92 Å². The van der Waals surface area contributed by atoms with Gasteiger partial charge in [0.2, 0.25) is 0 Å². The summed E-state index contributed by atoms with van der Waals surface area (Å²) in [6, 6.07) is 6.37. The van der Waals surface area contributed by atoms with Crippen LogP contribution in [0, 0.1) is 12.7 Å². The molecule has 1 aromatic carbocycles. The highest BCUT2D eigenvalue weighted by Crippen LogP contribution is 2.01. The Morgan fingerprint density at radius 3 is 2.22 bits per heavy atom. The molecule has 0 amide bonds. The normalized spacial score (nSPS) is 9.56. The van der Waals surface area contributed by atoms with Crippen LogP contribution in [0.15, 0.2) is 24.3 Å². The smallest absolute Gasteiger partial charge is 0.123 e. The summed E-state index contributed by atoms with van der Waals surface area (Å²) in [4.78, 5) is 0. The van der Waals surface area contributed by atoms with Gasteiger partial charge in [-0.05, 0) is 31.0 Å². The van der Waals surface area contributed by atoms with Gasteiger partial charge in [-0.3, -0.25) is 0 Å². The number of halogens is 1. The molecule has 0 fully saturated rings. The Bertz CT molecular complexity index is 176. The van der Waals surface area contributed by atoms with Gasteiger partial charge in [-0.2, -0.15) is 0 Å². The SMILES string of the molecule is [CH2]Cc1ccc(F)cc1. The maximum Gasteiger partial charge on any atom is 0.123 e. The van der Waals surface area contributed by atoms with Crippen LogP contribution in [0.1, 0.15) is 5.56 Å². The average Bonchev–Trinajstić information content (AvgIpc) is 1.90. The lowest BCUT2D eigenvalue weighted by Crippen LogP contribution is -1.78. The molecule has 0 bridgehead atoms. The molecule has 0 aliphatic heterocycles. The fourth-order valence-corrected chi connectivity index (χ4v) is 0.651. The molecule has 1 rings (SSSR count). The Kier molecular flexibility index (Phi) is 1.83. The lowest BCUT2D eigenvalue weighted by Gasteiger charge is -1.92. The van der Waals surface area contributed by atoms with Crippen molar-refractivity contribution < 1.29 is 4.39 Å². The maximum atomic E-state index is 12.2. The number of hydrogen-bond acceptors (Lipinski definition) is 0. The molecule has 0 spiro atoms. The van der Waals surface area contributed by atoms with Gasteiger partial charge in [0.25, 0.3) is 0 Å². The molecule has 0 saturated heterocycles. The van der Waals surface area contributed by atoms with E-state index in [1.165, 1.54) is 12.1 Å².